The largest absolute Gasteiger partial charge is 0.397 e. The van der Waals surface area contributed by atoms with Gasteiger partial charge in [0.05, 0.1) is 21.6 Å². The van der Waals surface area contributed by atoms with E-state index in [9.17, 15) is 8.78 Å². The van der Waals surface area contributed by atoms with Crippen molar-refractivity contribution in [2.75, 3.05) is 5.73 Å². The Hall–Kier alpha value is -1.95. The average molecular weight is 251 g/mol. The topological polar surface area (TPSA) is 54.7 Å². The van der Waals surface area contributed by atoms with E-state index in [1.165, 1.54) is 11.3 Å². The molecule has 3 aromatic rings. The van der Waals surface area contributed by atoms with Gasteiger partial charge in [-0.3, -0.25) is 0 Å². The summed E-state index contributed by atoms with van der Waals surface area (Å²) in [6.45, 7) is 0. The van der Waals surface area contributed by atoms with Gasteiger partial charge in [-0.05, 0) is 11.4 Å². The molecule has 0 bridgehead atoms. The lowest BCUT2D eigenvalue weighted by atomic mass is 10.3. The average Bonchev–Trinajstić information content (AvgIpc) is 2.85. The first-order valence-electron chi connectivity index (χ1n) is 4.83. The molecule has 3 N–H and O–H groups in total. The highest BCUT2D eigenvalue weighted by Crippen LogP contribution is 2.31. The summed E-state index contributed by atoms with van der Waals surface area (Å²) in [5.41, 5.74) is 7.18. The minimum absolute atomic E-state index is 0.381. The molecule has 0 atom stereocenters. The molecule has 86 valence electrons. The van der Waals surface area contributed by atoms with Gasteiger partial charge in [-0.25, -0.2) is 13.8 Å². The number of aromatic nitrogens is 2. The van der Waals surface area contributed by atoms with Crippen molar-refractivity contribution >= 4 is 28.1 Å². The fourth-order valence-corrected chi connectivity index (χ4v) is 2.39. The number of nitrogen functional groups attached to an aromatic ring is 1. The van der Waals surface area contributed by atoms with Crippen LogP contribution >= 0.6 is 11.3 Å². The van der Waals surface area contributed by atoms with E-state index in [1.807, 2.05) is 5.38 Å². The highest BCUT2D eigenvalue weighted by molar-refractivity contribution is 7.14. The number of imidazole rings is 1. The molecule has 0 aliphatic rings. The fourth-order valence-electron chi connectivity index (χ4n) is 1.62. The van der Waals surface area contributed by atoms with Gasteiger partial charge in [0, 0.05) is 12.1 Å². The minimum Gasteiger partial charge on any atom is -0.397 e. The summed E-state index contributed by atoms with van der Waals surface area (Å²) in [6.07, 6.45) is 0. The zero-order valence-corrected chi connectivity index (χ0v) is 9.31. The van der Waals surface area contributed by atoms with Crippen LogP contribution in [-0.4, -0.2) is 9.97 Å². The van der Waals surface area contributed by atoms with Crippen molar-refractivity contribution in [1.29, 1.82) is 0 Å². The number of aromatic amines is 1. The van der Waals surface area contributed by atoms with Crippen molar-refractivity contribution in [2.24, 2.45) is 0 Å². The van der Waals surface area contributed by atoms with Crippen molar-refractivity contribution in [3.63, 3.8) is 0 Å². The molecule has 3 rings (SSSR count). The van der Waals surface area contributed by atoms with Crippen LogP contribution in [0.1, 0.15) is 0 Å². The van der Waals surface area contributed by atoms with Crippen LogP contribution in [0, 0.1) is 11.6 Å². The van der Waals surface area contributed by atoms with Gasteiger partial charge >= 0.3 is 0 Å². The molecule has 0 aliphatic heterocycles. The Balaban J connectivity index is 2.24. The second kappa shape index (κ2) is 3.53. The van der Waals surface area contributed by atoms with E-state index in [0.717, 1.165) is 17.0 Å². The third kappa shape index (κ3) is 1.57. The lowest BCUT2D eigenvalue weighted by Gasteiger charge is -1.92. The highest BCUT2D eigenvalue weighted by Gasteiger charge is 2.12. The number of nitrogens with zero attached hydrogens (tertiary/aromatic N) is 1. The summed E-state index contributed by atoms with van der Waals surface area (Å²) in [4.78, 5) is 7.87. The molecule has 0 fully saturated rings. The molecule has 0 spiro atoms. The second-order valence-corrected chi connectivity index (χ2v) is 4.49. The summed E-state index contributed by atoms with van der Waals surface area (Å²) < 4.78 is 26.1. The van der Waals surface area contributed by atoms with Crippen LogP contribution in [0.2, 0.25) is 0 Å². The zero-order chi connectivity index (χ0) is 12.0. The summed E-state index contributed by atoms with van der Waals surface area (Å²) in [5, 5.41) is 1.83. The van der Waals surface area contributed by atoms with Crippen molar-refractivity contribution < 1.29 is 8.78 Å². The molecule has 0 unspecified atom stereocenters. The first-order valence-corrected chi connectivity index (χ1v) is 5.71. The third-order valence-corrected chi connectivity index (χ3v) is 3.37. The number of fused-ring (bicyclic) bond motifs is 1. The van der Waals surface area contributed by atoms with Crippen molar-refractivity contribution in [1.82, 2.24) is 9.97 Å². The summed E-state index contributed by atoms with van der Waals surface area (Å²) in [7, 11) is 0. The molecule has 0 saturated carbocycles. The van der Waals surface area contributed by atoms with Crippen LogP contribution in [0.3, 0.4) is 0 Å². The Morgan fingerprint density at radius 3 is 2.71 bits per heavy atom. The maximum absolute atomic E-state index is 13.0. The number of nitrogens with one attached hydrogen (secondary N) is 1. The van der Waals surface area contributed by atoms with E-state index in [4.69, 9.17) is 5.73 Å². The number of rotatable bonds is 1. The number of thiophene rings is 1. The van der Waals surface area contributed by atoms with E-state index in [2.05, 4.69) is 9.97 Å². The van der Waals surface area contributed by atoms with E-state index >= 15 is 0 Å². The van der Waals surface area contributed by atoms with E-state index in [-0.39, 0.29) is 0 Å². The van der Waals surface area contributed by atoms with Crippen LogP contribution in [0.4, 0.5) is 14.5 Å². The minimum atomic E-state index is -0.908. The van der Waals surface area contributed by atoms with Gasteiger partial charge in [-0.1, -0.05) is 0 Å². The first-order chi connectivity index (χ1) is 8.15. The van der Waals surface area contributed by atoms with E-state index in [0.29, 0.717) is 22.5 Å². The highest BCUT2D eigenvalue weighted by atomic mass is 32.1. The Kier molecular flexibility index (Phi) is 2.12. The monoisotopic (exact) mass is 251 g/mol. The number of benzene rings is 1. The summed E-state index contributed by atoms with van der Waals surface area (Å²) >= 11 is 1.42. The SMILES string of the molecule is Nc1ccsc1-c1nc2cc(F)c(F)cc2[nH]1. The number of hydrogen-bond donors (Lipinski definition) is 2. The van der Waals surface area contributed by atoms with Crippen molar-refractivity contribution in [3.8, 4) is 10.7 Å². The third-order valence-electron chi connectivity index (χ3n) is 2.43. The quantitative estimate of drug-likeness (QED) is 0.698. The molecule has 2 aromatic heterocycles. The smallest absolute Gasteiger partial charge is 0.161 e. The molecule has 0 saturated heterocycles. The van der Waals surface area contributed by atoms with Gasteiger partial charge in [0.15, 0.2) is 17.5 Å². The van der Waals surface area contributed by atoms with Gasteiger partial charge in [0.2, 0.25) is 0 Å². The summed E-state index contributed by atoms with van der Waals surface area (Å²) in [5.74, 6) is -1.28. The van der Waals surface area contributed by atoms with Crippen LogP contribution in [0.15, 0.2) is 23.6 Å². The molecule has 17 heavy (non-hydrogen) atoms. The van der Waals surface area contributed by atoms with E-state index in [1.54, 1.807) is 6.07 Å². The van der Waals surface area contributed by atoms with Gasteiger partial charge < -0.3 is 10.7 Å². The predicted molar refractivity (Wildman–Crippen MR) is 63.7 cm³/mol. The lowest BCUT2D eigenvalue weighted by molar-refractivity contribution is 0.510. The Labute approximate surface area is 98.9 Å². The molecule has 2 heterocycles. The van der Waals surface area contributed by atoms with Gasteiger partial charge in [-0.2, -0.15) is 0 Å². The number of H-pyrrole nitrogens is 1. The van der Waals surface area contributed by atoms with Gasteiger partial charge in [0.1, 0.15) is 0 Å². The fraction of sp³-hybridized carbons (Fsp3) is 0. The zero-order valence-electron chi connectivity index (χ0n) is 8.50. The molecular weight excluding hydrogens is 244 g/mol. The Morgan fingerprint density at radius 2 is 2.00 bits per heavy atom. The van der Waals surface area contributed by atoms with Crippen LogP contribution in [0.5, 0.6) is 0 Å². The number of hydrogen-bond acceptors (Lipinski definition) is 3. The normalized spacial score (nSPS) is 11.2. The lowest BCUT2D eigenvalue weighted by Crippen LogP contribution is -1.84. The Bertz CT molecular complexity index is 663. The van der Waals surface area contributed by atoms with Crippen LogP contribution in [-0.2, 0) is 0 Å². The molecule has 3 nitrogen and oxygen atoms in total. The summed E-state index contributed by atoms with van der Waals surface area (Å²) in [6, 6.07) is 3.91. The van der Waals surface area contributed by atoms with Gasteiger partial charge in [0.25, 0.3) is 0 Å². The molecule has 0 aliphatic carbocycles. The van der Waals surface area contributed by atoms with Gasteiger partial charge in [-0.15, -0.1) is 11.3 Å². The Morgan fingerprint density at radius 1 is 1.24 bits per heavy atom. The standard InChI is InChI=1S/C11H7F2N3S/c12-5-3-8-9(4-6(5)13)16-11(15-8)10-7(14)1-2-17-10/h1-4H,14H2,(H,15,16). The maximum Gasteiger partial charge on any atom is 0.161 e. The molecule has 6 heteroatoms. The van der Waals surface area contributed by atoms with E-state index < -0.39 is 11.6 Å². The first kappa shape index (κ1) is 10.2. The number of halogens is 2. The molecule has 0 radical (unpaired) electrons. The second-order valence-electron chi connectivity index (χ2n) is 3.57. The van der Waals surface area contributed by atoms with Crippen molar-refractivity contribution in [2.45, 2.75) is 0 Å². The van der Waals surface area contributed by atoms with Crippen LogP contribution < -0.4 is 5.73 Å². The predicted octanol–water partition coefficient (Wildman–Crippen LogP) is 3.15. The number of nitrogens with two attached hydrogens (primary N) is 1. The number of anilines is 1. The van der Waals surface area contributed by atoms with Crippen LogP contribution in [0.25, 0.3) is 21.7 Å². The molecule has 0 amide bonds. The molecular formula is C11H7F2N3S. The van der Waals surface area contributed by atoms with Crippen molar-refractivity contribution in [3.05, 3.63) is 35.2 Å². The maximum atomic E-state index is 13.0. The molecule has 1 aromatic carbocycles.